The van der Waals surface area contributed by atoms with E-state index in [0.29, 0.717) is 17.4 Å². The lowest BCUT2D eigenvalue weighted by molar-refractivity contribution is 0.0678. The number of nitrogens with zero attached hydrogens (tertiary/aromatic N) is 2. The van der Waals surface area contributed by atoms with Crippen LogP contribution in [0.2, 0.25) is 5.15 Å². The van der Waals surface area contributed by atoms with E-state index in [1.165, 1.54) is 12.8 Å². The highest BCUT2D eigenvalue weighted by molar-refractivity contribution is 6.29. The first kappa shape index (κ1) is 15.1. The number of nitrogens with two attached hydrogens (primary N) is 1. The third kappa shape index (κ3) is 3.41. The Kier molecular flexibility index (Phi) is 5.20. The Labute approximate surface area is 124 Å². The molecule has 2 rings (SSSR count). The summed E-state index contributed by atoms with van der Waals surface area (Å²) in [6.45, 7) is 2.94. The Bertz CT molecular complexity index is 480. The Morgan fingerprint density at radius 1 is 1.50 bits per heavy atom. The molecule has 2 heterocycles. The minimum atomic E-state index is 0.0135. The van der Waals surface area contributed by atoms with Crippen LogP contribution in [0.25, 0.3) is 0 Å². The first-order chi connectivity index (χ1) is 9.65. The SMILES string of the molecule is CCC1CCCCCN1C(=O)c1cc(Cl)nc(NN)c1. The fraction of sp³-hybridized carbons (Fsp3) is 0.571. The molecular formula is C14H21ClN4O. The van der Waals surface area contributed by atoms with Gasteiger partial charge in [0.1, 0.15) is 11.0 Å². The van der Waals surface area contributed by atoms with Crippen LogP contribution < -0.4 is 11.3 Å². The minimum absolute atomic E-state index is 0.0135. The van der Waals surface area contributed by atoms with Gasteiger partial charge in [-0.3, -0.25) is 4.79 Å². The van der Waals surface area contributed by atoms with Crippen molar-refractivity contribution in [3.05, 3.63) is 22.8 Å². The van der Waals surface area contributed by atoms with E-state index in [9.17, 15) is 4.79 Å². The molecule has 1 aromatic heterocycles. The van der Waals surface area contributed by atoms with Gasteiger partial charge < -0.3 is 10.3 Å². The smallest absolute Gasteiger partial charge is 0.254 e. The Balaban J connectivity index is 2.26. The van der Waals surface area contributed by atoms with Crippen molar-refractivity contribution in [3.63, 3.8) is 0 Å². The number of anilines is 1. The highest BCUT2D eigenvalue weighted by Gasteiger charge is 2.25. The van der Waals surface area contributed by atoms with Gasteiger partial charge >= 0.3 is 0 Å². The summed E-state index contributed by atoms with van der Waals surface area (Å²) in [7, 11) is 0. The molecule has 0 spiro atoms. The average molecular weight is 297 g/mol. The van der Waals surface area contributed by atoms with Crippen LogP contribution in [0.15, 0.2) is 12.1 Å². The van der Waals surface area contributed by atoms with E-state index in [-0.39, 0.29) is 11.1 Å². The fourth-order valence-electron chi connectivity index (χ4n) is 2.73. The van der Waals surface area contributed by atoms with E-state index in [4.69, 9.17) is 17.4 Å². The van der Waals surface area contributed by atoms with E-state index < -0.39 is 0 Å². The monoisotopic (exact) mass is 296 g/mol. The standard InChI is InChI=1S/C14H21ClN4O/c1-2-11-6-4-3-5-7-19(11)14(20)10-8-12(15)17-13(9-10)18-16/h8-9,11H,2-7,16H2,1H3,(H,17,18). The van der Waals surface area contributed by atoms with Gasteiger partial charge in [-0.05, 0) is 31.4 Å². The lowest BCUT2D eigenvalue weighted by Gasteiger charge is -2.29. The van der Waals surface area contributed by atoms with Crippen molar-refractivity contribution in [2.75, 3.05) is 12.0 Å². The van der Waals surface area contributed by atoms with Crippen LogP contribution in [-0.2, 0) is 0 Å². The molecule has 6 heteroatoms. The predicted octanol–water partition coefficient (Wildman–Crippen LogP) is 2.82. The summed E-state index contributed by atoms with van der Waals surface area (Å²) in [6.07, 6.45) is 5.49. The molecule has 0 radical (unpaired) electrons. The Morgan fingerprint density at radius 2 is 2.30 bits per heavy atom. The largest absolute Gasteiger partial charge is 0.336 e. The van der Waals surface area contributed by atoms with Gasteiger partial charge in [-0.15, -0.1) is 0 Å². The molecule has 1 aliphatic heterocycles. The van der Waals surface area contributed by atoms with Gasteiger partial charge in [0, 0.05) is 18.2 Å². The number of carbonyl (C=O) groups excluding carboxylic acids is 1. The van der Waals surface area contributed by atoms with Crippen molar-refractivity contribution in [2.45, 2.75) is 45.1 Å². The van der Waals surface area contributed by atoms with Gasteiger partial charge in [0.05, 0.1) is 0 Å². The van der Waals surface area contributed by atoms with E-state index in [2.05, 4.69) is 17.3 Å². The third-order valence-electron chi connectivity index (χ3n) is 3.80. The van der Waals surface area contributed by atoms with E-state index in [1.807, 2.05) is 4.90 Å². The number of hydrazine groups is 1. The van der Waals surface area contributed by atoms with Crippen LogP contribution >= 0.6 is 11.6 Å². The number of likely N-dealkylation sites (tertiary alicyclic amines) is 1. The second-order valence-corrected chi connectivity index (χ2v) is 5.51. The van der Waals surface area contributed by atoms with Gasteiger partial charge in [-0.2, -0.15) is 0 Å². The van der Waals surface area contributed by atoms with Crippen molar-refractivity contribution in [2.24, 2.45) is 5.84 Å². The highest BCUT2D eigenvalue weighted by Crippen LogP contribution is 2.23. The Morgan fingerprint density at radius 3 is 3.00 bits per heavy atom. The summed E-state index contributed by atoms with van der Waals surface area (Å²) in [4.78, 5) is 18.7. The third-order valence-corrected chi connectivity index (χ3v) is 3.99. The van der Waals surface area contributed by atoms with Gasteiger partial charge in [-0.25, -0.2) is 10.8 Å². The molecule has 1 saturated heterocycles. The Hall–Kier alpha value is -1.33. The summed E-state index contributed by atoms with van der Waals surface area (Å²) in [5.74, 6) is 5.77. The summed E-state index contributed by atoms with van der Waals surface area (Å²) in [6, 6.07) is 3.56. The van der Waals surface area contributed by atoms with Crippen LogP contribution in [0.3, 0.4) is 0 Å². The van der Waals surface area contributed by atoms with E-state index >= 15 is 0 Å². The van der Waals surface area contributed by atoms with Crippen molar-refractivity contribution in [1.29, 1.82) is 0 Å². The maximum atomic E-state index is 12.7. The second-order valence-electron chi connectivity index (χ2n) is 5.12. The molecular weight excluding hydrogens is 276 g/mol. The second kappa shape index (κ2) is 6.90. The number of amides is 1. The van der Waals surface area contributed by atoms with Crippen molar-refractivity contribution in [1.82, 2.24) is 9.88 Å². The number of aromatic nitrogens is 1. The van der Waals surface area contributed by atoms with Crippen molar-refractivity contribution in [3.8, 4) is 0 Å². The molecule has 20 heavy (non-hydrogen) atoms. The first-order valence-electron chi connectivity index (χ1n) is 7.11. The molecule has 1 unspecified atom stereocenters. The quantitative estimate of drug-likeness (QED) is 0.511. The molecule has 0 aromatic carbocycles. The number of nitrogen functional groups attached to an aromatic ring is 1. The maximum Gasteiger partial charge on any atom is 0.254 e. The van der Waals surface area contributed by atoms with E-state index in [1.54, 1.807) is 12.1 Å². The topological polar surface area (TPSA) is 71.2 Å². The number of rotatable bonds is 3. The molecule has 1 aromatic rings. The maximum absolute atomic E-state index is 12.7. The fourth-order valence-corrected chi connectivity index (χ4v) is 2.94. The van der Waals surface area contributed by atoms with Gasteiger partial charge in [0.15, 0.2) is 0 Å². The molecule has 1 atom stereocenters. The molecule has 1 aliphatic rings. The molecule has 3 N–H and O–H groups in total. The lowest BCUT2D eigenvalue weighted by Crippen LogP contribution is -2.39. The van der Waals surface area contributed by atoms with Crippen LogP contribution in [0.5, 0.6) is 0 Å². The number of nitrogens with one attached hydrogen (secondary N) is 1. The average Bonchev–Trinajstić information content (AvgIpc) is 2.70. The number of hydrogen-bond acceptors (Lipinski definition) is 4. The van der Waals surface area contributed by atoms with Crippen molar-refractivity contribution >= 4 is 23.3 Å². The van der Waals surface area contributed by atoms with Gasteiger partial charge in [0.2, 0.25) is 0 Å². The lowest BCUT2D eigenvalue weighted by atomic mass is 10.1. The number of pyridine rings is 1. The number of carbonyl (C=O) groups is 1. The highest BCUT2D eigenvalue weighted by atomic mass is 35.5. The minimum Gasteiger partial charge on any atom is -0.336 e. The molecule has 1 amide bonds. The number of hydrogen-bond donors (Lipinski definition) is 2. The summed E-state index contributed by atoms with van der Waals surface area (Å²) in [5, 5.41) is 0.270. The van der Waals surface area contributed by atoms with Crippen LogP contribution in [0, 0.1) is 0 Å². The zero-order valence-corrected chi connectivity index (χ0v) is 12.5. The number of halogens is 1. The molecule has 0 saturated carbocycles. The van der Waals surface area contributed by atoms with Crippen LogP contribution in [0.4, 0.5) is 5.82 Å². The molecule has 110 valence electrons. The van der Waals surface area contributed by atoms with Crippen LogP contribution in [-0.4, -0.2) is 28.4 Å². The van der Waals surface area contributed by atoms with Crippen molar-refractivity contribution < 1.29 is 4.79 Å². The molecule has 5 nitrogen and oxygen atoms in total. The van der Waals surface area contributed by atoms with Gasteiger partial charge in [-0.1, -0.05) is 31.4 Å². The first-order valence-corrected chi connectivity index (χ1v) is 7.48. The summed E-state index contributed by atoms with van der Waals surface area (Å²) >= 11 is 5.94. The van der Waals surface area contributed by atoms with Crippen LogP contribution in [0.1, 0.15) is 49.4 Å². The van der Waals surface area contributed by atoms with Gasteiger partial charge in [0.25, 0.3) is 5.91 Å². The molecule has 0 aliphatic carbocycles. The summed E-state index contributed by atoms with van der Waals surface area (Å²) in [5.41, 5.74) is 2.98. The molecule has 0 bridgehead atoms. The van der Waals surface area contributed by atoms with E-state index in [0.717, 1.165) is 25.8 Å². The zero-order valence-electron chi connectivity index (χ0n) is 11.7. The normalized spacial score (nSPS) is 19.6. The summed E-state index contributed by atoms with van der Waals surface area (Å²) < 4.78 is 0. The molecule has 1 fully saturated rings. The predicted molar refractivity (Wildman–Crippen MR) is 80.6 cm³/mol. The zero-order chi connectivity index (χ0) is 14.5.